The molecule has 1 aromatic carbocycles. The molecule has 0 N–H and O–H groups in total. The van der Waals surface area contributed by atoms with Crippen LogP contribution in [0.5, 0.6) is 0 Å². The Morgan fingerprint density at radius 2 is 1.85 bits per heavy atom. The number of benzene rings is 1. The van der Waals surface area contributed by atoms with Gasteiger partial charge in [0.25, 0.3) is 0 Å². The monoisotopic (exact) mass is 385 g/mol. The van der Waals surface area contributed by atoms with Gasteiger partial charge in [0.1, 0.15) is 23.8 Å². The van der Waals surface area contributed by atoms with Gasteiger partial charge in [0.2, 0.25) is 5.13 Å². The van der Waals surface area contributed by atoms with Gasteiger partial charge < -0.3 is 19.4 Å². The number of methoxy groups -OCH3 is 1. The Morgan fingerprint density at radius 3 is 2.59 bits per heavy atom. The average Bonchev–Trinajstić information content (AvgIpc) is 3.16. The largest absolute Gasteiger partial charge is 0.377 e. The van der Waals surface area contributed by atoms with Gasteiger partial charge in [-0.15, -0.1) is 10.2 Å². The zero-order chi connectivity index (χ0) is 18.8. The average molecular weight is 385 g/mol. The lowest BCUT2D eigenvalue weighted by Crippen LogP contribution is -2.46. The molecule has 9 heteroatoms. The number of rotatable bonds is 5. The van der Waals surface area contributed by atoms with Crippen molar-refractivity contribution in [3.63, 3.8) is 0 Å². The molecule has 1 aliphatic rings. The Morgan fingerprint density at radius 1 is 1.07 bits per heavy atom. The van der Waals surface area contributed by atoms with Gasteiger partial charge in [-0.05, 0) is 18.2 Å². The van der Waals surface area contributed by atoms with Crippen molar-refractivity contribution >= 4 is 38.9 Å². The summed E-state index contributed by atoms with van der Waals surface area (Å²) in [7, 11) is 5.69. The molecule has 1 fully saturated rings. The van der Waals surface area contributed by atoms with Crippen LogP contribution >= 0.6 is 11.3 Å². The SMILES string of the molecule is COCc1nnc(N2CCN(c3ccc4ncnc(N(C)C)c4c3)CC2)s1. The van der Waals surface area contributed by atoms with Crippen molar-refractivity contribution in [3.8, 4) is 0 Å². The Balaban J connectivity index is 1.50. The van der Waals surface area contributed by atoms with Crippen LogP contribution in [0.2, 0.25) is 0 Å². The summed E-state index contributed by atoms with van der Waals surface area (Å²) >= 11 is 1.61. The molecule has 8 nitrogen and oxygen atoms in total. The van der Waals surface area contributed by atoms with Crippen LogP contribution in [0, 0.1) is 0 Å². The zero-order valence-electron chi connectivity index (χ0n) is 15.8. The van der Waals surface area contributed by atoms with Crippen LogP contribution in [-0.4, -0.2) is 67.5 Å². The summed E-state index contributed by atoms with van der Waals surface area (Å²) in [6, 6.07) is 6.42. The van der Waals surface area contributed by atoms with Gasteiger partial charge in [0.05, 0.1) is 5.52 Å². The lowest BCUT2D eigenvalue weighted by atomic mass is 10.1. The van der Waals surface area contributed by atoms with E-state index in [-0.39, 0.29) is 0 Å². The Labute approximate surface area is 162 Å². The summed E-state index contributed by atoms with van der Waals surface area (Å²) in [5.74, 6) is 0.944. The van der Waals surface area contributed by atoms with Crippen LogP contribution < -0.4 is 14.7 Å². The number of anilines is 3. The van der Waals surface area contributed by atoms with E-state index in [0.29, 0.717) is 6.61 Å². The number of fused-ring (bicyclic) bond motifs is 1. The molecule has 0 saturated carbocycles. The molecule has 0 bridgehead atoms. The molecule has 2 aromatic heterocycles. The van der Waals surface area contributed by atoms with Gasteiger partial charge >= 0.3 is 0 Å². The third-order valence-corrected chi connectivity index (χ3v) is 5.62. The summed E-state index contributed by atoms with van der Waals surface area (Å²) < 4.78 is 5.13. The van der Waals surface area contributed by atoms with Crippen molar-refractivity contribution in [2.24, 2.45) is 0 Å². The number of piperazine rings is 1. The van der Waals surface area contributed by atoms with Gasteiger partial charge in [-0.3, -0.25) is 0 Å². The molecule has 142 valence electrons. The summed E-state index contributed by atoms with van der Waals surface area (Å²) in [5, 5.41) is 11.5. The maximum Gasteiger partial charge on any atom is 0.208 e. The van der Waals surface area contributed by atoms with Crippen molar-refractivity contribution < 1.29 is 4.74 Å². The second kappa shape index (κ2) is 7.61. The molecule has 27 heavy (non-hydrogen) atoms. The van der Waals surface area contributed by atoms with Gasteiger partial charge in [-0.1, -0.05) is 11.3 Å². The van der Waals surface area contributed by atoms with E-state index in [4.69, 9.17) is 4.74 Å². The van der Waals surface area contributed by atoms with Crippen molar-refractivity contribution in [2.45, 2.75) is 6.61 Å². The topological polar surface area (TPSA) is 70.5 Å². The van der Waals surface area contributed by atoms with E-state index < -0.39 is 0 Å². The Kier molecular flexibility index (Phi) is 5.04. The number of nitrogens with zero attached hydrogens (tertiary/aromatic N) is 7. The normalized spacial score (nSPS) is 14.8. The molecule has 0 radical (unpaired) electrons. The Bertz CT molecular complexity index is 921. The fraction of sp³-hybridized carbons (Fsp3) is 0.444. The van der Waals surface area contributed by atoms with Crippen LogP contribution in [0.15, 0.2) is 24.5 Å². The highest BCUT2D eigenvalue weighted by Gasteiger charge is 2.21. The minimum atomic E-state index is 0.519. The molecule has 0 atom stereocenters. The van der Waals surface area contributed by atoms with Gasteiger partial charge in [0, 0.05) is 58.5 Å². The van der Waals surface area contributed by atoms with E-state index >= 15 is 0 Å². The van der Waals surface area contributed by atoms with E-state index in [1.165, 1.54) is 5.69 Å². The second-order valence-electron chi connectivity index (χ2n) is 6.68. The molecule has 0 aliphatic carbocycles. The first-order valence-corrected chi connectivity index (χ1v) is 9.70. The van der Waals surface area contributed by atoms with Crippen LogP contribution in [0.3, 0.4) is 0 Å². The first-order valence-electron chi connectivity index (χ1n) is 8.89. The predicted molar refractivity (Wildman–Crippen MR) is 109 cm³/mol. The van der Waals surface area contributed by atoms with E-state index in [9.17, 15) is 0 Å². The van der Waals surface area contributed by atoms with Crippen molar-refractivity contribution in [1.82, 2.24) is 20.2 Å². The molecule has 0 spiro atoms. The standard InChI is InChI=1S/C18H23N7OS/c1-23(2)17-14-10-13(4-5-15(14)19-12-20-17)24-6-8-25(9-7-24)18-22-21-16(27-18)11-26-3/h4-5,10,12H,6-9,11H2,1-3H3. The first kappa shape index (κ1) is 17.9. The summed E-state index contributed by atoms with van der Waals surface area (Å²) in [4.78, 5) is 15.5. The number of aromatic nitrogens is 4. The van der Waals surface area contributed by atoms with Gasteiger partial charge in [-0.2, -0.15) is 0 Å². The molecule has 0 unspecified atom stereocenters. The summed E-state index contributed by atoms with van der Waals surface area (Å²) in [5.41, 5.74) is 2.17. The maximum absolute atomic E-state index is 5.13. The van der Waals surface area contributed by atoms with E-state index in [0.717, 1.165) is 53.0 Å². The number of hydrogen-bond acceptors (Lipinski definition) is 9. The van der Waals surface area contributed by atoms with Gasteiger partial charge in [0.15, 0.2) is 0 Å². The zero-order valence-corrected chi connectivity index (χ0v) is 16.6. The van der Waals surface area contributed by atoms with E-state index in [1.807, 2.05) is 19.0 Å². The second-order valence-corrected chi connectivity index (χ2v) is 7.72. The molecule has 4 rings (SSSR count). The van der Waals surface area contributed by atoms with Crippen LogP contribution in [0.1, 0.15) is 5.01 Å². The van der Waals surface area contributed by atoms with Crippen molar-refractivity contribution in [1.29, 1.82) is 0 Å². The lowest BCUT2D eigenvalue weighted by molar-refractivity contribution is 0.184. The highest BCUT2D eigenvalue weighted by molar-refractivity contribution is 7.15. The summed E-state index contributed by atoms with van der Waals surface area (Å²) in [6.45, 7) is 4.24. The minimum absolute atomic E-state index is 0.519. The van der Waals surface area contributed by atoms with Crippen molar-refractivity contribution in [2.75, 3.05) is 62.1 Å². The van der Waals surface area contributed by atoms with Crippen LogP contribution in [0.4, 0.5) is 16.6 Å². The Hall–Kier alpha value is -2.52. The predicted octanol–water partition coefficient (Wildman–Crippen LogP) is 2.02. The van der Waals surface area contributed by atoms with Crippen molar-refractivity contribution in [3.05, 3.63) is 29.5 Å². The third kappa shape index (κ3) is 3.65. The maximum atomic E-state index is 5.13. The highest BCUT2D eigenvalue weighted by Crippen LogP contribution is 2.28. The lowest BCUT2D eigenvalue weighted by Gasteiger charge is -2.35. The fourth-order valence-corrected chi connectivity index (χ4v) is 4.16. The molecule has 3 aromatic rings. The first-order chi connectivity index (χ1) is 13.2. The molecule has 1 saturated heterocycles. The van der Waals surface area contributed by atoms with E-state index in [2.05, 4.69) is 48.2 Å². The molecule has 0 amide bonds. The molecular weight excluding hydrogens is 362 g/mol. The number of ether oxygens (including phenoxy) is 1. The third-order valence-electron chi connectivity index (χ3n) is 4.66. The molecule has 3 heterocycles. The highest BCUT2D eigenvalue weighted by atomic mass is 32.1. The molecule has 1 aliphatic heterocycles. The fourth-order valence-electron chi connectivity index (χ4n) is 3.29. The van der Waals surface area contributed by atoms with Gasteiger partial charge in [-0.25, -0.2) is 9.97 Å². The minimum Gasteiger partial charge on any atom is -0.377 e. The van der Waals surface area contributed by atoms with Crippen LogP contribution in [-0.2, 0) is 11.3 Å². The quantitative estimate of drug-likeness (QED) is 0.661. The van der Waals surface area contributed by atoms with Crippen LogP contribution in [0.25, 0.3) is 10.9 Å². The van der Waals surface area contributed by atoms with E-state index in [1.54, 1.807) is 24.8 Å². The summed E-state index contributed by atoms with van der Waals surface area (Å²) in [6.07, 6.45) is 1.62. The number of hydrogen-bond donors (Lipinski definition) is 0. The molecular formula is C18H23N7OS. The smallest absolute Gasteiger partial charge is 0.208 e.